The molecule has 1 amide bonds. The normalized spacial score (nSPS) is 16.9. The molecule has 1 heterocycles. The Bertz CT molecular complexity index is 873. The molecule has 0 radical (unpaired) electrons. The summed E-state index contributed by atoms with van der Waals surface area (Å²) < 4.78 is 1.06. The Morgan fingerprint density at radius 3 is 2.42 bits per heavy atom. The smallest absolute Gasteiger partial charge is 0.248 e. The van der Waals surface area contributed by atoms with Crippen molar-refractivity contribution in [1.82, 2.24) is 5.32 Å². The van der Waals surface area contributed by atoms with Gasteiger partial charge in [0, 0.05) is 15.9 Å². The van der Waals surface area contributed by atoms with E-state index in [1.54, 1.807) is 11.8 Å². The number of aryl methyl sites for hydroxylation is 1. The lowest BCUT2D eigenvalue weighted by Crippen LogP contribution is -2.32. The van der Waals surface area contributed by atoms with Crippen molar-refractivity contribution in [3.63, 3.8) is 0 Å². The van der Waals surface area contributed by atoms with Crippen LogP contribution in [0.25, 0.3) is 0 Å². The second kappa shape index (κ2) is 8.10. The molecule has 0 aromatic heterocycles. The van der Waals surface area contributed by atoms with Crippen LogP contribution < -0.4 is 11.1 Å². The predicted octanol–water partition coefficient (Wildman–Crippen LogP) is 4.45. The molecule has 3 rings (SSSR count). The summed E-state index contributed by atoms with van der Waals surface area (Å²) in [5, 5.41) is 4.02. The summed E-state index contributed by atoms with van der Waals surface area (Å²) in [5.74, 6) is 0.347. The van der Waals surface area contributed by atoms with Gasteiger partial charge in [-0.2, -0.15) is 0 Å². The Balaban J connectivity index is 1.85. The first-order chi connectivity index (χ1) is 12.4. The van der Waals surface area contributed by atoms with Crippen LogP contribution in [0.4, 0.5) is 0 Å². The van der Waals surface area contributed by atoms with Gasteiger partial charge in [-0.15, -0.1) is 0 Å². The quantitative estimate of drug-likeness (QED) is 0.753. The van der Waals surface area contributed by atoms with Crippen molar-refractivity contribution in [1.29, 1.82) is 0 Å². The Labute approximate surface area is 166 Å². The lowest BCUT2D eigenvalue weighted by molar-refractivity contribution is -0.114. The molecular formula is C20H20BrN3OS. The fourth-order valence-electron chi connectivity index (χ4n) is 2.76. The number of allylic oxidation sites excluding steroid dienone is 1. The summed E-state index contributed by atoms with van der Waals surface area (Å²) in [6.45, 7) is 3.90. The van der Waals surface area contributed by atoms with Crippen LogP contribution in [0.5, 0.6) is 0 Å². The molecule has 0 fully saturated rings. The molecule has 0 saturated carbocycles. The number of primary amides is 1. The molecule has 134 valence electrons. The van der Waals surface area contributed by atoms with E-state index in [0.29, 0.717) is 5.57 Å². The van der Waals surface area contributed by atoms with Crippen LogP contribution in [-0.4, -0.2) is 11.1 Å². The number of amides is 1. The molecule has 6 heteroatoms. The van der Waals surface area contributed by atoms with E-state index in [1.807, 2.05) is 50.2 Å². The standard InChI is InChI=1S/C20H20BrN3OS/c1-12-3-7-15(8-4-12)18-17(19(22)25)13(2)23-20(24-18)26-11-14-5-9-16(21)10-6-14/h3-10,18H,11H2,1-2H3,(H2,22,25)(H,23,24)/t18-/m1/s1. The maximum atomic E-state index is 12.0. The fraction of sp³-hybridized carbons (Fsp3) is 0.200. The van der Waals surface area contributed by atoms with Crippen LogP contribution in [0.15, 0.2) is 69.3 Å². The van der Waals surface area contributed by atoms with Gasteiger partial charge in [-0.05, 0) is 37.1 Å². The molecule has 3 N–H and O–H groups in total. The highest BCUT2D eigenvalue weighted by Crippen LogP contribution is 2.32. The summed E-state index contributed by atoms with van der Waals surface area (Å²) in [5.41, 5.74) is 10.2. The van der Waals surface area contributed by atoms with Crippen molar-refractivity contribution in [3.05, 3.63) is 81.0 Å². The topological polar surface area (TPSA) is 67.5 Å². The molecule has 2 aromatic rings. The fourth-order valence-corrected chi connectivity index (χ4v) is 3.93. The highest BCUT2D eigenvalue weighted by atomic mass is 79.9. The molecule has 0 unspecified atom stereocenters. The number of nitrogens with zero attached hydrogens (tertiary/aromatic N) is 1. The molecule has 1 aliphatic rings. The molecule has 2 aromatic carbocycles. The first-order valence-electron chi connectivity index (χ1n) is 8.23. The second-order valence-electron chi connectivity index (χ2n) is 6.19. The van der Waals surface area contributed by atoms with Crippen molar-refractivity contribution >= 4 is 38.8 Å². The molecule has 1 atom stereocenters. The van der Waals surface area contributed by atoms with Crippen LogP contribution in [0.1, 0.15) is 29.7 Å². The van der Waals surface area contributed by atoms with E-state index < -0.39 is 5.91 Å². The van der Waals surface area contributed by atoms with E-state index in [9.17, 15) is 4.79 Å². The first-order valence-corrected chi connectivity index (χ1v) is 10.0. The molecular weight excluding hydrogens is 410 g/mol. The summed E-state index contributed by atoms with van der Waals surface area (Å²) in [6.07, 6.45) is 0. The van der Waals surface area contributed by atoms with Crippen molar-refractivity contribution in [2.24, 2.45) is 10.7 Å². The Kier molecular flexibility index (Phi) is 5.84. The van der Waals surface area contributed by atoms with Crippen molar-refractivity contribution in [3.8, 4) is 0 Å². The summed E-state index contributed by atoms with van der Waals surface area (Å²) in [6, 6.07) is 15.9. The third kappa shape index (κ3) is 4.37. The Morgan fingerprint density at radius 2 is 1.81 bits per heavy atom. The van der Waals surface area contributed by atoms with Crippen LogP contribution in [0.2, 0.25) is 0 Å². The van der Waals surface area contributed by atoms with Gasteiger partial charge in [0.05, 0.1) is 5.57 Å². The number of hydrogen-bond acceptors (Lipinski definition) is 4. The van der Waals surface area contributed by atoms with E-state index in [1.165, 1.54) is 5.56 Å². The van der Waals surface area contributed by atoms with Crippen LogP contribution >= 0.6 is 27.7 Å². The number of carbonyl (C=O) groups excluding carboxylic acids is 1. The van der Waals surface area contributed by atoms with Gasteiger partial charge < -0.3 is 11.1 Å². The van der Waals surface area contributed by atoms with Gasteiger partial charge in [0.1, 0.15) is 6.04 Å². The van der Waals surface area contributed by atoms with E-state index in [0.717, 1.165) is 32.2 Å². The highest BCUT2D eigenvalue weighted by molar-refractivity contribution is 9.10. The lowest BCUT2D eigenvalue weighted by atomic mass is 9.95. The molecule has 0 aliphatic carbocycles. The van der Waals surface area contributed by atoms with Crippen LogP contribution in [-0.2, 0) is 10.5 Å². The minimum atomic E-state index is -0.443. The second-order valence-corrected chi connectivity index (χ2v) is 8.07. The maximum absolute atomic E-state index is 12.0. The monoisotopic (exact) mass is 429 g/mol. The third-order valence-corrected chi connectivity index (χ3v) is 5.65. The zero-order chi connectivity index (χ0) is 18.7. The summed E-state index contributed by atoms with van der Waals surface area (Å²) >= 11 is 5.06. The minimum absolute atomic E-state index is 0.373. The number of benzene rings is 2. The largest absolute Gasteiger partial charge is 0.366 e. The van der Waals surface area contributed by atoms with Gasteiger partial charge in [0.2, 0.25) is 5.91 Å². The van der Waals surface area contributed by atoms with Crippen LogP contribution in [0.3, 0.4) is 0 Å². The van der Waals surface area contributed by atoms with Gasteiger partial charge in [0.15, 0.2) is 5.17 Å². The minimum Gasteiger partial charge on any atom is -0.366 e. The van der Waals surface area contributed by atoms with Crippen molar-refractivity contribution in [2.75, 3.05) is 0 Å². The zero-order valence-electron chi connectivity index (χ0n) is 14.6. The summed E-state index contributed by atoms with van der Waals surface area (Å²) in [7, 11) is 0. The van der Waals surface area contributed by atoms with Gasteiger partial charge in [-0.25, -0.2) is 4.99 Å². The number of carbonyl (C=O) groups is 1. The molecule has 26 heavy (non-hydrogen) atoms. The van der Waals surface area contributed by atoms with Crippen molar-refractivity contribution < 1.29 is 4.79 Å². The SMILES string of the molecule is CC1=C(C(N)=O)[C@@H](c2ccc(C)cc2)N=C(SCc2ccc(Br)cc2)N1. The molecule has 0 saturated heterocycles. The van der Waals surface area contributed by atoms with Gasteiger partial charge in [-0.1, -0.05) is 69.7 Å². The molecule has 4 nitrogen and oxygen atoms in total. The zero-order valence-corrected chi connectivity index (χ0v) is 17.0. The Morgan fingerprint density at radius 1 is 1.15 bits per heavy atom. The molecule has 1 aliphatic heterocycles. The van der Waals surface area contributed by atoms with Crippen LogP contribution in [0, 0.1) is 6.92 Å². The highest BCUT2D eigenvalue weighted by Gasteiger charge is 2.27. The van der Waals surface area contributed by atoms with E-state index >= 15 is 0 Å². The molecule has 0 spiro atoms. The summed E-state index contributed by atoms with van der Waals surface area (Å²) in [4.78, 5) is 16.7. The average Bonchev–Trinajstić information content (AvgIpc) is 2.61. The van der Waals surface area contributed by atoms with Gasteiger partial charge >= 0.3 is 0 Å². The number of thioether (sulfide) groups is 1. The third-order valence-electron chi connectivity index (χ3n) is 4.17. The molecule has 0 bridgehead atoms. The number of nitrogens with two attached hydrogens (primary N) is 1. The van der Waals surface area contributed by atoms with Gasteiger partial charge in [-0.3, -0.25) is 4.79 Å². The predicted molar refractivity (Wildman–Crippen MR) is 112 cm³/mol. The van der Waals surface area contributed by atoms with E-state index in [4.69, 9.17) is 10.7 Å². The van der Waals surface area contributed by atoms with E-state index in [-0.39, 0.29) is 6.04 Å². The number of aliphatic imine (C=N–C) groups is 1. The maximum Gasteiger partial charge on any atom is 0.248 e. The first kappa shape index (κ1) is 18.7. The van der Waals surface area contributed by atoms with Crippen molar-refractivity contribution in [2.45, 2.75) is 25.6 Å². The van der Waals surface area contributed by atoms with E-state index in [2.05, 4.69) is 33.4 Å². The Hall–Kier alpha value is -2.05. The number of nitrogens with one attached hydrogen (secondary N) is 1. The average molecular weight is 430 g/mol. The number of amidine groups is 1. The lowest BCUT2D eigenvalue weighted by Gasteiger charge is -2.25. The number of rotatable bonds is 4. The van der Waals surface area contributed by atoms with Gasteiger partial charge in [0.25, 0.3) is 0 Å². The number of halogens is 1. The number of hydrogen-bond donors (Lipinski definition) is 2.